The van der Waals surface area contributed by atoms with Crippen LogP contribution in [-0.4, -0.2) is 73.0 Å². The fourth-order valence-electron chi connectivity index (χ4n) is 4.68. The molecule has 0 radical (unpaired) electrons. The van der Waals surface area contributed by atoms with Gasteiger partial charge in [-0.25, -0.2) is 16.8 Å². The van der Waals surface area contributed by atoms with Crippen molar-refractivity contribution in [3.63, 3.8) is 0 Å². The summed E-state index contributed by atoms with van der Waals surface area (Å²) in [6.07, 6.45) is 0.635. The number of hydrogen-bond acceptors (Lipinski definition) is 8. The molecule has 218 valence electrons. The van der Waals surface area contributed by atoms with E-state index in [4.69, 9.17) is 14.2 Å². The molecule has 3 aromatic rings. The molecule has 0 unspecified atom stereocenters. The van der Waals surface area contributed by atoms with Gasteiger partial charge in [0.1, 0.15) is 23.9 Å². The summed E-state index contributed by atoms with van der Waals surface area (Å²) in [6, 6.07) is 18.8. The third-order valence-corrected chi connectivity index (χ3v) is 10.6. The highest BCUT2D eigenvalue weighted by molar-refractivity contribution is 7.92. The van der Waals surface area contributed by atoms with Crippen molar-refractivity contribution in [1.82, 2.24) is 9.62 Å². The zero-order valence-corrected chi connectivity index (χ0v) is 24.1. The Morgan fingerprint density at radius 3 is 2.15 bits per heavy atom. The van der Waals surface area contributed by atoms with Crippen LogP contribution in [0.2, 0.25) is 0 Å². The molecule has 0 aliphatic carbocycles. The van der Waals surface area contributed by atoms with E-state index >= 15 is 0 Å². The first kappa shape index (κ1) is 28.7. The maximum Gasteiger partial charge on any atom is 0.264 e. The number of nitrogens with one attached hydrogen (secondary N) is 1. The highest BCUT2D eigenvalue weighted by Crippen LogP contribution is 2.37. The molecule has 0 spiro atoms. The number of ether oxygens (including phenoxy) is 3. The van der Waals surface area contributed by atoms with Gasteiger partial charge in [0.2, 0.25) is 10.0 Å². The number of methoxy groups -OCH3 is 1. The molecule has 0 saturated carbocycles. The lowest BCUT2D eigenvalue weighted by molar-refractivity contribution is -0.127. The topological polar surface area (TPSA) is 132 Å². The fraction of sp³-hybridized carbons (Fsp3) is 0.321. The standard InChI is InChI=1S/C28H31N3O8S2/c1-37-21-8-12-24(13-9-21)41(35,36)31-20-27(39-26-7-3-2-6-25(26)31)28(32)29-16-19-38-22-10-14-23(15-11-22)40(33,34)30-17-4-5-18-30/h2-3,6-15,27H,4-5,16-20H2,1H3,(H,29,32)/t27-/m1/s1. The highest BCUT2D eigenvalue weighted by Gasteiger charge is 2.37. The number of rotatable bonds is 10. The van der Waals surface area contributed by atoms with Gasteiger partial charge >= 0.3 is 0 Å². The van der Waals surface area contributed by atoms with E-state index in [0.717, 1.165) is 12.8 Å². The second-order valence-electron chi connectivity index (χ2n) is 9.51. The largest absolute Gasteiger partial charge is 0.497 e. The van der Waals surface area contributed by atoms with E-state index in [2.05, 4.69) is 5.32 Å². The van der Waals surface area contributed by atoms with Gasteiger partial charge in [-0.05, 0) is 73.5 Å². The molecule has 1 amide bonds. The maximum atomic E-state index is 13.5. The second kappa shape index (κ2) is 12.0. The van der Waals surface area contributed by atoms with Gasteiger partial charge in [0.25, 0.3) is 15.9 Å². The molecule has 1 fully saturated rings. The molecule has 5 rings (SSSR count). The number of sulfonamides is 2. The van der Waals surface area contributed by atoms with Crippen molar-refractivity contribution in [3.8, 4) is 17.2 Å². The van der Waals surface area contributed by atoms with Crippen molar-refractivity contribution in [2.24, 2.45) is 0 Å². The van der Waals surface area contributed by atoms with Gasteiger partial charge in [-0.3, -0.25) is 9.10 Å². The molecular weight excluding hydrogens is 570 g/mol. The van der Waals surface area contributed by atoms with E-state index in [1.165, 1.54) is 40.0 Å². The number of carbonyl (C=O) groups is 1. The Morgan fingerprint density at radius 1 is 0.878 bits per heavy atom. The summed E-state index contributed by atoms with van der Waals surface area (Å²) < 4.78 is 71.7. The lowest BCUT2D eigenvalue weighted by Crippen LogP contribution is -2.51. The molecule has 2 aliphatic heterocycles. The number of carbonyl (C=O) groups excluding carboxylic acids is 1. The summed E-state index contributed by atoms with van der Waals surface area (Å²) >= 11 is 0. The van der Waals surface area contributed by atoms with Crippen molar-refractivity contribution in [3.05, 3.63) is 72.8 Å². The lowest BCUT2D eigenvalue weighted by Gasteiger charge is -2.34. The Hall–Kier alpha value is -3.81. The monoisotopic (exact) mass is 601 g/mol. The average molecular weight is 602 g/mol. The number of para-hydroxylation sites is 2. The predicted octanol–water partition coefficient (Wildman–Crippen LogP) is 2.63. The van der Waals surface area contributed by atoms with E-state index in [-0.39, 0.29) is 35.2 Å². The quantitative estimate of drug-likeness (QED) is 0.351. The van der Waals surface area contributed by atoms with Crippen molar-refractivity contribution < 1.29 is 35.8 Å². The van der Waals surface area contributed by atoms with Crippen molar-refractivity contribution >= 4 is 31.6 Å². The van der Waals surface area contributed by atoms with E-state index in [0.29, 0.717) is 30.3 Å². The average Bonchev–Trinajstić information content (AvgIpc) is 3.55. The van der Waals surface area contributed by atoms with Crippen molar-refractivity contribution in [1.29, 1.82) is 0 Å². The van der Waals surface area contributed by atoms with Crippen LogP contribution in [-0.2, 0) is 24.8 Å². The summed E-state index contributed by atoms with van der Waals surface area (Å²) in [4.78, 5) is 13.3. The normalized spacial score (nSPS) is 17.4. The number of fused-ring (bicyclic) bond motifs is 1. The molecule has 1 saturated heterocycles. The number of benzene rings is 3. The summed E-state index contributed by atoms with van der Waals surface area (Å²) in [7, 11) is -6.01. The number of amides is 1. The van der Waals surface area contributed by atoms with Gasteiger partial charge in [-0.2, -0.15) is 4.31 Å². The molecule has 41 heavy (non-hydrogen) atoms. The third-order valence-electron chi connectivity index (χ3n) is 6.87. The first-order chi connectivity index (χ1) is 19.7. The first-order valence-corrected chi connectivity index (χ1v) is 16.0. The minimum absolute atomic E-state index is 0.0572. The van der Waals surface area contributed by atoms with Crippen LogP contribution in [0.3, 0.4) is 0 Å². The number of hydrogen-bond donors (Lipinski definition) is 1. The molecule has 11 nitrogen and oxygen atoms in total. The number of nitrogens with zero attached hydrogens (tertiary/aromatic N) is 2. The highest BCUT2D eigenvalue weighted by atomic mass is 32.2. The Balaban J connectivity index is 1.19. The van der Waals surface area contributed by atoms with Crippen LogP contribution < -0.4 is 23.8 Å². The van der Waals surface area contributed by atoms with Crippen LogP contribution in [0.25, 0.3) is 0 Å². The first-order valence-electron chi connectivity index (χ1n) is 13.1. The predicted molar refractivity (Wildman–Crippen MR) is 151 cm³/mol. The van der Waals surface area contributed by atoms with Crippen LogP contribution in [0.1, 0.15) is 12.8 Å². The van der Waals surface area contributed by atoms with Gasteiger partial charge in [0, 0.05) is 13.1 Å². The van der Waals surface area contributed by atoms with E-state index in [1.54, 1.807) is 48.5 Å². The van der Waals surface area contributed by atoms with E-state index in [9.17, 15) is 21.6 Å². The van der Waals surface area contributed by atoms with Gasteiger partial charge in [-0.15, -0.1) is 0 Å². The van der Waals surface area contributed by atoms with E-state index < -0.39 is 32.1 Å². The molecule has 2 aliphatic rings. The van der Waals surface area contributed by atoms with Gasteiger partial charge in [0.15, 0.2) is 6.10 Å². The summed E-state index contributed by atoms with van der Waals surface area (Å²) in [5, 5.41) is 2.72. The van der Waals surface area contributed by atoms with Crippen molar-refractivity contribution in [2.75, 3.05) is 44.2 Å². The zero-order valence-electron chi connectivity index (χ0n) is 22.4. The molecule has 0 aromatic heterocycles. The Kier molecular flexibility index (Phi) is 8.38. The Bertz CT molecular complexity index is 1590. The van der Waals surface area contributed by atoms with E-state index in [1.807, 2.05) is 0 Å². The van der Waals surface area contributed by atoms with Gasteiger partial charge in [-0.1, -0.05) is 12.1 Å². The van der Waals surface area contributed by atoms with Crippen LogP contribution in [0, 0.1) is 0 Å². The smallest absolute Gasteiger partial charge is 0.264 e. The Morgan fingerprint density at radius 2 is 1.49 bits per heavy atom. The molecule has 0 bridgehead atoms. The number of anilines is 1. The molecule has 2 heterocycles. The van der Waals surface area contributed by atoms with Gasteiger partial charge < -0.3 is 19.5 Å². The zero-order chi connectivity index (χ0) is 29.0. The molecule has 1 N–H and O–H groups in total. The van der Waals surface area contributed by atoms with Crippen LogP contribution in [0.15, 0.2) is 82.6 Å². The molecule has 1 atom stereocenters. The minimum atomic E-state index is -4.00. The van der Waals surface area contributed by atoms with Crippen molar-refractivity contribution in [2.45, 2.75) is 28.7 Å². The summed E-state index contributed by atoms with van der Waals surface area (Å²) in [5.41, 5.74) is 0.339. The summed E-state index contributed by atoms with van der Waals surface area (Å²) in [6.45, 7) is 1.08. The molecule has 3 aromatic carbocycles. The third kappa shape index (κ3) is 6.11. The molecule has 13 heteroatoms. The SMILES string of the molecule is COc1ccc(S(=O)(=O)N2C[C@H](C(=O)NCCOc3ccc(S(=O)(=O)N4CCCC4)cc3)Oc3ccccc32)cc1. The lowest BCUT2D eigenvalue weighted by atomic mass is 10.2. The minimum Gasteiger partial charge on any atom is -0.497 e. The Labute approximate surface area is 239 Å². The van der Waals surface area contributed by atoms with Gasteiger partial charge in [0.05, 0.1) is 35.7 Å². The van der Waals surface area contributed by atoms with Crippen LogP contribution in [0.4, 0.5) is 5.69 Å². The maximum absolute atomic E-state index is 13.5. The fourth-order valence-corrected chi connectivity index (χ4v) is 7.68. The summed E-state index contributed by atoms with van der Waals surface area (Å²) in [5.74, 6) is 0.759. The van der Waals surface area contributed by atoms with Crippen LogP contribution in [0.5, 0.6) is 17.2 Å². The second-order valence-corrected chi connectivity index (χ2v) is 13.3. The molecular formula is C28H31N3O8S2. The van der Waals surface area contributed by atoms with Crippen LogP contribution >= 0.6 is 0 Å².